The zero-order valence-electron chi connectivity index (χ0n) is 16.3. The number of hydrogen-bond donors (Lipinski definition) is 1. The quantitative estimate of drug-likeness (QED) is 0.900. The third-order valence-electron chi connectivity index (χ3n) is 6.67. The van der Waals surface area contributed by atoms with Crippen LogP contribution in [-0.2, 0) is 11.8 Å². The van der Waals surface area contributed by atoms with Crippen LogP contribution in [0.15, 0.2) is 24.5 Å². The summed E-state index contributed by atoms with van der Waals surface area (Å²) in [5.74, 6) is 2.65. The number of benzene rings is 1. The number of aromatic nitrogens is 2. The van der Waals surface area contributed by atoms with Crippen LogP contribution in [0.3, 0.4) is 0 Å². The van der Waals surface area contributed by atoms with E-state index in [1.165, 1.54) is 28.9 Å². The molecule has 3 aliphatic rings. The molecule has 1 saturated heterocycles. The summed E-state index contributed by atoms with van der Waals surface area (Å²) in [6.45, 7) is 8.22. The third kappa shape index (κ3) is 2.63. The van der Waals surface area contributed by atoms with Crippen molar-refractivity contribution in [1.82, 2.24) is 15.3 Å². The molecule has 1 spiro atoms. The zero-order valence-corrected chi connectivity index (χ0v) is 16.3. The molecule has 1 aromatic heterocycles. The number of nitrogens with one attached hydrogen (secondary N) is 1. The molecule has 142 valence electrons. The number of aryl methyl sites for hydroxylation is 1. The first-order valence-electron chi connectivity index (χ1n) is 10.3. The fourth-order valence-electron chi connectivity index (χ4n) is 5.26. The SMILES string of the molecule is CCOc1ccc2c(c1)C1(CCNCC1)CN2c1ncnc2c1C(C)CC2. The van der Waals surface area contributed by atoms with Gasteiger partial charge in [0.2, 0.25) is 0 Å². The van der Waals surface area contributed by atoms with Gasteiger partial charge in [-0.15, -0.1) is 0 Å². The summed E-state index contributed by atoms with van der Waals surface area (Å²) in [5, 5.41) is 3.53. The standard InChI is InChI=1S/C22H28N4O/c1-3-27-16-5-7-19-17(12-16)22(8-10-23-11-9-22)13-26(19)21-20-15(2)4-6-18(20)24-14-25-21/h5,7,12,14-15,23H,3-4,6,8-11,13H2,1-2H3. The Morgan fingerprint density at radius 3 is 2.93 bits per heavy atom. The Balaban J connectivity index is 1.64. The molecule has 3 heterocycles. The second-order valence-electron chi connectivity index (χ2n) is 8.23. The molecule has 0 radical (unpaired) electrons. The minimum atomic E-state index is 0.188. The van der Waals surface area contributed by atoms with E-state index in [4.69, 9.17) is 9.72 Å². The smallest absolute Gasteiger partial charge is 0.140 e. The molecule has 0 bridgehead atoms. The molecule has 1 aromatic carbocycles. The van der Waals surface area contributed by atoms with Crippen molar-refractivity contribution in [2.24, 2.45) is 0 Å². The van der Waals surface area contributed by atoms with Crippen LogP contribution in [0, 0.1) is 0 Å². The maximum absolute atomic E-state index is 5.84. The van der Waals surface area contributed by atoms with Crippen molar-refractivity contribution in [3.05, 3.63) is 41.3 Å². The molecule has 5 rings (SSSR count). The topological polar surface area (TPSA) is 50.3 Å². The van der Waals surface area contributed by atoms with Crippen molar-refractivity contribution in [2.75, 3.05) is 31.1 Å². The molecule has 2 aromatic rings. The third-order valence-corrected chi connectivity index (χ3v) is 6.67. The maximum atomic E-state index is 5.84. The lowest BCUT2D eigenvalue weighted by atomic mass is 9.75. The summed E-state index contributed by atoms with van der Waals surface area (Å²) in [6, 6.07) is 6.64. The van der Waals surface area contributed by atoms with E-state index < -0.39 is 0 Å². The van der Waals surface area contributed by atoms with Gasteiger partial charge in [-0.3, -0.25) is 0 Å². The van der Waals surface area contributed by atoms with Crippen LogP contribution in [0.25, 0.3) is 0 Å². The average Bonchev–Trinajstić information content (AvgIpc) is 3.22. The second kappa shape index (κ2) is 6.48. The Labute approximate surface area is 161 Å². The predicted octanol–water partition coefficient (Wildman–Crippen LogP) is 3.70. The summed E-state index contributed by atoms with van der Waals surface area (Å²) < 4.78 is 5.84. The Bertz CT molecular complexity index is 859. The fraction of sp³-hybridized carbons (Fsp3) is 0.545. The predicted molar refractivity (Wildman–Crippen MR) is 107 cm³/mol. The molecule has 0 amide bonds. The number of fused-ring (bicyclic) bond motifs is 3. The molecular formula is C22H28N4O. The molecule has 5 heteroatoms. The minimum Gasteiger partial charge on any atom is -0.494 e. The monoisotopic (exact) mass is 364 g/mol. The maximum Gasteiger partial charge on any atom is 0.140 e. The van der Waals surface area contributed by atoms with Gasteiger partial charge >= 0.3 is 0 Å². The van der Waals surface area contributed by atoms with Crippen molar-refractivity contribution in [1.29, 1.82) is 0 Å². The van der Waals surface area contributed by atoms with Crippen LogP contribution in [0.1, 0.15) is 55.8 Å². The Kier molecular flexibility index (Phi) is 4.08. The van der Waals surface area contributed by atoms with E-state index in [0.29, 0.717) is 12.5 Å². The molecule has 1 atom stereocenters. The molecule has 1 N–H and O–H groups in total. The fourth-order valence-corrected chi connectivity index (χ4v) is 5.26. The van der Waals surface area contributed by atoms with E-state index >= 15 is 0 Å². The van der Waals surface area contributed by atoms with Gasteiger partial charge in [-0.1, -0.05) is 6.92 Å². The van der Waals surface area contributed by atoms with Crippen LogP contribution < -0.4 is 15.0 Å². The summed E-state index contributed by atoms with van der Waals surface area (Å²) in [4.78, 5) is 11.8. The van der Waals surface area contributed by atoms with Gasteiger partial charge in [0, 0.05) is 28.9 Å². The zero-order chi connectivity index (χ0) is 18.4. The average molecular weight is 364 g/mol. The van der Waals surface area contributed by atoms with E-state index in [1.807, 2.05) is 6.92 Å². The summed E-state index contributed by atoms with van der Waals surface area (Å²) >= 11 is 0. The largest absolute Gasteiger partial charge is 0.494 e. The Morgan fingerprint density at radius 2 is 2.11 bits per heavy atom. The lowest BCUT2D eigenvalue weighted by Gasteiger charge is -2.35. The summed E-state index contributed by atoms with van der Waals surface area (Å²) in [7, 11) is 0. The van der Waals surface area contributed by atoms with Gasteiger partial charge in [0.25, 0.3) is 0 Å². The lowest BCUT2D eigenvalue weighted by molar-refractivity contribution is 0.322. The number of hydrogen-bond acceptors (Lipinski definition) is 5. The highest BCUT2D eigenvalue weighted by Crippen LogP contribution is 2.51. The summed E-state index contributed by atoms with van der Waals surface area (Å²) in [6.07, 6.45) is 6.34. The van der Waals surface area contributed by atoms with E-state index in [1.54, 1.807) is 6.33 Å². The number of anilines is 2. The van der Waals surface area contributed by atoms with Crippen molar-refractivity contribution in [3.8, 4) is 5.75 Å². The van der Waals surface area contributed by atoms with Gasteiger partial charge in [-0.05, 0) is 75.4 Å². The molecule has 1 fully saturated rings. The molecule has 27 heavy (non-hydrogen) atoms. The van der Waals surface area contributed by atoms with Gasteiger partial charge in [0.15, 0.2) is 0 Å². The first kappa shape index (κ1) is 17.0. The minimum absolute atomic E-state index is 0.188. The van der Waals surface area contributed by atoms with Crippen molar-refractivity contribution < 1.29 is 4.74 Å². The van der Waals surface area contributed by atoms with Crippen LogP contribution in [0.4, 0.5) is 11.5 Å². The van der Waals surface area contributed by atoms with Gasteiger partial charge in [-0.2, -0.15) is 0 Å². The van der Waals surface area contributed by atoms with Gasteiger partial charge in [-0.25, -0.2) is 9.97 Å². The highest BCUT2D eigenvalue weighted by Gasteiger charge is 2.45. The molecular weight excluding hydrogens is 336 g/mol. The van der Waals surface area contributed by atoms with Crippen molar-refractivity contribution in [3.63, 3.8) is 0 Å². The number of rotatable bonds is 3. The first-order valence-corrected chi connectivity index (χ1v) is 10.3. The molecule has 0 saturated carbocycles. The van der Waals surface area contributed by atoms with Crippen LogP contribution >= 0.6 is 0 Å². The van der Waals surface area contributed by atoms with Crippen molar-refractivity contribution in [2.45, 2.75) is 50.9 Å². The number of nitrogens with zero attached hydrogens (tertiary/aromatic N) is 3. The van der Waals surface area contributed by atoms with E-state index in [-0.39, 0.29) is 5.41 Å². The second-order valence-corrected chi connectivity index (χ2v) is 8.23. The van der Waals surface area contributed by atoms with Gasteiger partial charge in [0.1, 0.15) is 17.9 Å². The van der Waals surface area contributed by atoms with Crippen molar-refractivity contribution >= 4 is 11.5 Å². The molecule has 5 nitrogen and oxygen atoms in total. The van der Waals surface area contributed by atoms with Crippen LogP contribution in [-0.4, -0.2) is 36.2 Å². The molecule has 1 unspecified atom stereocenters. The van der Waals surface area contributed by atoms with Gasteiger partial charge < -0.3 is 15.0 Å². The van der Waals surface area contributed by atoms with Crippen LogP contribution in [0.5, 0.6) is 5.75 Å². The molecule has 1 aliphatic carbocycles. The molecule has 2 aliphatic heterocycles. The Hall–Kier alpha value is -2.14. The van der Waals surface area contributed by atoms with Gasteiger partial charge in [0.05, 0.1) is 6.61 Å². The Morgan fingerprint density at radius 1 is 1.26 bits per heavy atom. The number of ether oxygens (including phenoxy) is 1. The summed E-state index contributed by atoms with van der Waals surface area (Å²) in [5.41, 5.74) is 5.54. The first-order chi connectivity index (χ1) is 13.2. The highest BCUT2D eigenvalue weighted by molar-refractivity contribution is 5.74. The number of piperidine rings is 1. The highest BCUT2D eigenvalue weighted by atomic mass is 16.5. The van der Waals surface area contributed by atoms with E-state index in [2.05, 4.69) is 40.3 Å². The van der Waals surface area contributed by atoms with E-state index in [9.17, 15) is 0 Å². The lowest BCUT2D eigenvalue weighted by Crippen LogP contribution is -2.42. The normalized spacial score (nSPS) is 22.7. The van der Waals surface area contributed by atoms with E-state index in [0.717, 1.165) is 50.5 Å². The van der Waals surface area contributed by atoms with Crippen LogP contribution in [0.2, 0.25) is 0 Å².